The van der Waals surface area contributed by atoms with Crippen molar-refractivity contribution in [1.82, 2.24) is 10.2 Å². The highest BCUT2D eigenvalue weighted by Gasteiger charge is 2.18. The number of carbonyl (C=O) groups excluding carboxylic acids is 1. The molecule has 1 fully saturated rings. The van der Waals surface area contributed by atoms with Crippen LogP contribution in [0.4, 0.5) is 0 Å². The number of nitrogens with one attached hydrogen (secondary N) is 1. The molecule has 0 aromatic heterocycles. The Hall–Kier alpha value is -0.870. The van der Waals surface area contributed by atoms with Crippen LogP contribution in [0.15, 0.2) is 11.6 Å². The normalized spacial score (nSPS) is 21.0. The standard InChI is InChI=1S/C13H24N2O2/c1-11(2)8-13(17)14-5-7-15-6-3-4-12(9-15)10-16/h8,12,16H,3-7,9-10H2,1-2H3,(H,14,17)/t12-/m1/s1. The number of aliphatic hydroxyl groups excluding tert-OH is 1. The quantitative estimate of drug-likeness (QED) is 0.698. The average molecular weight is 240 g/mol. The van der Waals surface area contributed by atoms with Gasteiger partial charge in [0, 0.05) is 32.3 Å². The zero-order valence-electron chi connectivity index (χ0n) is 10.9. The number of likely N-dealkylation sites (tertiary alicyclic amines) is 1. The minimum absolute atomic E-state index is 0.0132. The lowest BCUT2D eigenvalue weighted by atomic mass is 9.99. The summed E-state index contributed by atoms with van der Waals surface area (Å²) >= 11 is 0. The van der Waals surface area contributed by atoms with Crippen LogP contribution in [0.5, 0.6) is 0 Å². The fourth-order valence-corrected chi connectivity index (χ4v) is 2.15. The van der Waals surface area contributed by atoms with E-state index in [1.165, 1.54) is 0 Å². The monoisotopic (exact) mass is 240 g/mol. The van der Waals surface area contributed by atoms with Gasteiger partial charge in [0.15, 0.2) is 0 Å². The molecule has 2 N–H and O–H groups in total. The zero-order chi connectivity index (χ0) is 12.7. The molecule has 17 heavy (non-hydrogen) atoms. The molecule has 1 heterocycles. The summed E-state index contributed by atoms with van der Waals surface area (Å²) in [5.41, 5.74) is 1.01. The molecular formula is C13H24N2O2. The molecule has 1 aliphatic heterocycles. The molecule has 0 spiro atoms. The Bertz CT molecular complexity index is 273. The average Bonchev–Trinajstić information content (AvgIpc) is 2.28. The van der Waals surface area contributed by atoms with Crippen molar-refractivity contribution >= 4 is 5.91 Å². The molecule has 1 rings (SSSR count). The van der Waals surface area contributed by atoms with Gasteiger partial charge in [0.1, 0.15) is 0 Å². The minimum Gasteiger partial charge on any atom is -0.396 e. The third-order valence-electron chi connectivity index (χ3n) is 3.01. The van der Waals surface area contributed by atoms with Gasteiger partial charge in [0.2, 0.25) is 5.91 Å². The minimum atomic E-state index is -0.0132. The molecule has 0 aliphatic carbocycles. The van der Waals surface area contributed by atoms with Gasteiger partial charge in [-0.25, -0.2) is 0 Å². The number of hydrogen-bond acceptors (Lipinski definition) is 3. The van der Waals surface area contributed by atoms with Crippen LogP contribution in [0.25, 0.3) is 0 Å². The first kappa shape index (κ1) is 14.2. The van der Waals surface area contributed by atoms with Gasteiger partial charge in [-0.2, -0.15) is 0 Å². The SMILES string of the molecule is CC(C)=CC(=O)NCCN1CCC[C@@H](CO)C1. The van der Waals surface area contributed by atoms with E-state index < -0.39 is 0 Å². The number of rotatable bonds is 5. The van der Waals surface area contributed by atoms with Crippen molar-refractivity contribution in [3.05, 3.63) is 11.6 Å². The van der Waals surface area contributed by atoms with Crippen molar-refractivity contribution < 1.29 is 9.90 Å². The van der Waals surface area contributed by atoms with Crippen molar-refractivity contribution in [2.24, 2.45) is 5.92 Å². The van der Waals surface area contributed by atoms with Crippen molar-refractivity contribution in [3.8, 4) is 0 Å². The summed E-state index contributed by atoms with van der Waals surface area (Å²) in [6.07, 6.45) is 3.89. The van der Waals surface area contributed by atoms with E-state index >= 15 is 0 Å². The van der Waals surface area contributed by atoms with Gasteiger partial charge >= 0.3 is 0 Å². The van der Waals surface area contributed by atoms with Crippen molar-refractivity contribution in [2.75, 3.05) is 32.8 Å². The molecule has 0 aromatic carbocycles. The number of nitrogens with zero attached hydrogens (tertiary/aromatic N) is 1. The summed E-state index contributed by atoms with van der Waals surface area (Å²) in [5.74, 6) is 0.401. The lowest BCUT2D eigenvalue weighted by Crippen LogP contribution is -2.41. The van der Waals surface area contributed by atoms with Gasteiger partial charge in [-0.1, -0.05) is 5.57 Å². The van der Waals surface area contributed by atoms with Gasteiger partial charge in [0.05, 0.1) is 0 Å². The topological polar surface area (TPSA) is 52.6 Å². The largest absolute Gasteiger partial charge is 0.396 e. The van der Waals surface area contributed by atoms with Crippen LogP contribution in [-0.4, -0.2) is 48.7 Å². The van der Waals surface area contributed by atoms with E-state index in [1.807, 2.05) is 13.8 Å². The highest BCUT2D eigenvalue weighted by molar-refractivity contribution is 5.87. The van der Waals surface area contributed by atoms with Crippen molar-refractivity contribution in [2.45, 2.75) is 26.7 Å². The Balaban J connectivity index is 2.18. The summed E-state index contributed by atoms with van der Waals surface area (Å²) in [4.78, 5) is 13.7. The molecule has 1 atom stereocenters. The molecule has 4 nitrogen and oxygen atoms in total. The maximum atomic E-state index is 11.4. The maximum Gasteiger partial charge on any atom is 0.243 e. The first-order valence-electron chi connectivity index (χ1n) is 6.37. The second-order valence-corrected chi connectivity index (χ2v) is 5.00. The van der Waals surface area contributed by atoms with Gasteiger partial charge in [-0.05, 0) is 39.2 Å². The molecule has 98 valence electrons. The molecule has 4 heteroatoms. The van der Waals surface area contributed by atoms with Gasteiger partial charge in [0.25, 0.3) is 0 Å². The van der Waals surface area contributed by atoms with Crippen LogP contribution in [0, 0.1) is 5.92 Å². The van der Waals surface area contributed by atoms with Crippen LogP contribution in [0.2, 0.25) is 0 Å². The van der Waals surface area contributed by atoms with E-state index in [4.69, 9.17) is 5.11 Å². The van der Waals surface area contributed by atoms with Crippen molar-refractivity contribution in [1.29, 1.82) is 0 Å². The summed E-state index contributed by atoms with van der Waals surface area (Å²) < 4.78 is 0. The predicted molar refractivity (Wildman–Crippen MR) is 68.7 cm³/mol. The van der Waals surface area contributed by atoms with Crippen LogP contribution in [0.3, 0.4) is 0 Å². The fraction of sp³-hybridized carbons (Fsp3) is 0.769. The number of piperidine rings is 1. The molecule has 0 bridgehead atoms. The Kier molecular flexibility index (Phi) is 6.22. The van der Waals surface area contributed by atoms with Gasteiger partial charge in [-0.3, -0.25) is 4.79 Å². The second-order valence-electron chi connectivity index (χ2n) is 5.00. The Morgan fingerprint density at radius 1 is 1.53 bits per heavy atom. The highest BCUT2D eigenvalue weighted by Crippen LogP contribution is 2.14. The maximum absolute atomic E-state index is 11.4. The van der Waals surface area contributed by atoms with E-state index in [0.29, 0.717) is 12.5 Å². The van der Waals surface area contributed by atoms with Gasteiger partial charge in [-0.15, -0.1) is 0 Å². The third kappa shape index (κ3) is 5.84. The lowest BCUT2D eigenvalue weighted by Gasteiger charge is -2.31. The molecule has 0 radical (unpaired) electrons. The van der Waals surface area contributed by atoms with E-state index in [-0.39, 0.29) is 12.5 Å². The van der Waals surface area contributed by atoms with Crippen LogP contribution >= 0.6 is 0 Å². The number of aliphatic hydroxyl groups is 1. The molecule has 0 aromatic rings. The second kappa shape index (κ2) is 7.45. The molecule has 1 aliphatic rings. The molecular weight excluding hydrogens is 216 g/mol. The summed E-state index contributed by atoms with van der Waals surface area (Å²) in [5, 5.41) is 12.0. The number of allylic oxidation sites excluding steroid dienone is 1. The highest BCUT2D eigenvalue weighted by atomic mass is 16.3. The predicted octanol–water partition coefficient (Wildman–Crippen LogP) is 0.773. The first-order valence-corrected chi connectivity index (χ1v) is 6.37. The zero-order valence-corrected chi connectivity index (χ0v) is 10.9. The number of carbonyl (C=O) groups is 1. The van der Waals surface area contributed by atoms with E-state index in [0.717, 1.165) is 38.0 Å². The number of amides is 1. The first-order chi connectivity index (χ1) is 8.11. The Morgan fingerprint density at radius 3 is 2.94 bits per heavy atom. The molecule has 0 saturated carbocycles. The van der Waals surface area contributed by atoms with E-state index in [2.05, 4.69) is 10.2 Å². The third-order valence-corrected chi connectivity index (χ3v) is 3.01. The van der Waals surface area contributed by atoms with Crippen LogP contribution < -0.4 is 5.32 Å². The van der Waals surface area contributed by atoms with E-state index in [1.54, 1.807) is 6.08 Å². The number of hydrogen-bond donors (Lipinski definition) is 2. The van der Waals surface area contributed by atoms with Gasteiger partial charge < -0.3 is 15.3 Å². The van der Waals surface area contributed by atoms with Crippen LogP contribution in [0.1, 0.15) is 26.7 Å². The fourth-order valence-electron chi connectivity index (χ4n) is 2.15. The molecule has 1 amide bonds. The Morgan fingerprint density at radius 2 is 2.29 bits per heavy atom. The molecule has 0 unspecified atom stereocenters. The smallest absolute Gasteiger partial charge is 0.243 e. The van der Waals surface area contributed by atoms with E-state index in [9.17, 15) is 4.79 Å². The summed E-state index contributed by atoms with van der Waals surface area (Å²) in [6, 6.07) is 0. The van der Waals surface area contributed by atoms with Crippen LogP contribution in [-0.2, 0) is 4.79 Å². The molecule has 1 saturated heterocycles. The lowest BCUT2D eigenvalue weighted by molar-refractivity contribution is -0.116. The Labute approximate surface area is 104 Å². The summed E-state index contributed by atoms with van der Waals surface area (Å²) in [7, 11) is 0. The van der Waals surface area contributed by atoms with Crippen molar-refractivity contribution in [3.63, 3.8) is 0 Å². The summed E-state index contributed by atoms with van der Waals surface area (Å²) in [6.45, 7) is 7.69.